The summed E-state index contributed by atoms with van der Waals surface area (Å²) in [7, 11) is 0. The highest BCUT2D eigenvalue weighted by Gasteiger charge is 2.28. The second-order valence-corrected chi connectivity index (χ2v) is 7.55. The van der Waals surface area contributed by atoms with Gasteiger partial charge in [-0.05, 0) is 24.8 Å². The first-order valence-corrected chi connectivity index (χ1v) is 8.16. The molecule has 1 aromatic heterocycles. The minimum absolute atomic E-state index is 0.200. The van der Waals surface area contributed by atoms with Crippen LogP contribution in [0.3, 0.4) is 0 Å². The average molecular weight is 317 g/mol. The summed E-state index contributed by atoms with van der Waals surface area (Å²) < 4.78 is 0. The monoisotopic (exact) mass is 317 g/mol. The molecule has 4 nitrogen and oxygen atoms in total. The van der Waals surface area contributed by atoms with Crippen molar-refractivity contribution in [3.05, 3.63) is 34.7 Å². The van der Waals surface area contributed by atoms with Gasteiger partial charge in [-0.25, -0.2) is 4.98 Å². The molecule has 3 N–H and O–H groups in total. The van der Waals surface area contributed by atoms with E-state index in [9.17, 15) is 4.79 Å². The van der Waals surface area contributed by atoms with Crippen molar-refractivity contribution in [2.24, 2.45) is 11.1 Å². The van der Waals surface area contributed by atoms with E-state index in [4.69, 9.17) is 5.73 Å². The molecule has 22 heavy (non-hydrogen) atoms. The Bertz CT molecular complexity index is 685. The van der Waals surface area contributed by atoms with Gasteiger partial charge in [-0.1, -0.05) is 44.5 Å². The van der Waals surface area contributed by atoms with Crippen molar-refractivity contribution in [2.75, 3.05) is 5.32 Å². The van der Waals surface area contributed by atoms with Gasteiger partial charge in [0.25, 0.3) is 0 Å². The molecule has 0 aliphatic heterocycles. The summed E-state index contributed by atoms with van der Waals surface area (Å²) in [6.45, 7) is 9.97. The number of nitrogens with one attached hydrogen (secondary N) is 1. The molecule has 2 aromatic rings. The van der Waals surface area contributed by atoms with Crippen LogP contribution in [0.2, 0.25) is 0 Å². The largest absolute Gasteiger partial charge is 0.319 e. The molecule has 0 radical (unpaired) electrons. The highest BCUT2D eigenvalue weighted by atomic mass is 32.1. The zero-order chi connectivity index (χ0) is 16.5. The third kappa shape index (κ3) is 3.72. The van der Waals surface area contributed by atoms with E-state index in [1.54, 1.807) is 0 Å². The molecule has 0 saturated carbocycles. The van der Waals surface area contributed by atoms with Crippen LogP contribution < -0.4 is 11.1 Å². The Morgan fingerprint density at radius 3 is 2.59 bits per heavy atom. The molecular formula is C17H23N3OS. The molecule has 0 fully saturated rings. The Kier molecular flexibility index (Phi) is 4.68. The predicted octanol–water partition coefficient (Wildman–Crippen LogP) is 3.74. The fourth-order valence-electron chi connectivity index (χ4n) is 2.13. The van der Waals surface area contributed by atoms with Crippen molar-refractivity contribution in [3.8, 4) is 11.3 Å². The molecule has 0 spiro atoms. The van der Waals surface area contributed by atoms with E-state index in [0.717, 1.165) is 11.3 Å². The molecule has 1 atom stereocenters. The Labute approximate surface area is 135 Å². The topological polar surface area (TPSA) is 68.0 Å². The zero-order valence-corrected chi connectivity index (χ0v) is 14.5. The zero-order valence-electron chi connectivity index (χ0n) is 13.7. The first-order chi connectivity index (χ1) is 10.2. The number of anilines is 1. The predicted molar refractivity (Wildman–Crippen MR) is 93.1 cm³/mol. The summed E-state index contributed by atoms with van der Waals surface area (Å²) in [4.78, 5) is 16.7. The van der Waals surface area contributed by atoms with Gasteiger partial charge in [0.15, 0.2) is 5.13 Å². The number of aromatic nitrogens is 1. The smallest absolute Gasteiger partial charge is 0.243 e. The lowest BCUT2D eigenvalue weighted by Crippen LogP contribution is -2.45. The van der Waals surface area contributed by atoms with E-state index in [1.165, 1.54) is 22.5 Å². The molecule has 118 valence electrons. The SMILES string of the molecule is Cc1ccc(-c2csc(NC(=O)[C@@H](N)C(C)(C)C)n2)c(C)c1. The Hall–Kier alpha value is -1.72. The number of nitrogens with two attached hydrogens (primary N) is 1. The fraction of sp³-hybridized carbons (Fsp3) is 0.412. The van der Waals surface area contributed by atoms with Gasteiger partial charge >= 0.3 is 0 Å². The third-order valence-corrected chi connectivity index (χ3v) is 4.37. The lowest BCUT2D eigenvalue weighted by molar-refractivity contribution is -0.119. The van der Waals surface area contributed by atoms with E-state index in [2.05, 4.69) is 42.3 Å². The Balaban J connectivity index is 2.17. The van der Waals surface area contributed by atoms with Crippen LogP contribution in [0, 0.1) is 19.3 Å². The number of thiazole rings is 1. The number of hydrogen-bond acceptors (Lipinski definition) is 4. The van der Waals surface area contributed by atoms with Crippen LogP contribution in [0.1, 0.15) is 31.9 Å². The summed E-state index contributed by atoms with van der Waals surface area (Å²) in [5.74, 6) is -0.200. The lowest BCUT2D eigenvalue weighted by atomic mass is 9.87. The maximum Gasteiger partial charge on any atom is 0.243 e. The quantitative estimate of drug-likeness (QED) is 0.906. The molecule has 0 aliphatic carbocycles. The summed E-state index contributed by atoms with van der Waals surface area (Å²) >= 11 is 1.42. The highest BCUT2D eigenvalue weighted by Crippen LogP contribution is 2.28. The van der Waals surface area contributed by atoms with Crippen LogP contribution in [0.4, 0.5) is 5.13 Å². The van der Waals surface area contributed by atoms with Crippen LogP contribution in [-0.4, -0.2) is 16.9 Å². The summed E-state index contributed by atoms with van der Waals surface area (Å²) in [5.41, 5.74) is 10.0. The second-order valence-electron chi connectivity index (χ2n) is 6.69. The van der Waals surface area contributed by atoms with Crippen LogP contribution in [-0.2, 0) is 4.79 Å². The van der Waals surface area contributed by atoms with E-state index in [-0.39, 0.29) is 11.3 Å². The molecule has 1 amide bonds. The van der Waals surface area contributed by atoms with Crippen molar-refractivity contribution in [1.82, 2.24) is 4.98 Å². The number of nitrogens with zero attached hydrogens (tertiary/aromatic N) is 1. The number of rotatable bonds is 3. The summed E-state index contributed by atoms with van der Waals surface area (Å²) in [6.07, 6.45) is 0. The Morgan fingerprint density at radius 1 is 1.32 bits per heavy atom. The number of amides is 1. The first kappa shape index (κ1) is 16.6. The van der Waals surface area contributed by atoms with Gasteiger partial charge in [-0.15, -0.1) is 11.3 Å². The van der Waals surface area contributed by atoms with E-state index < -0.39 is 6.04 Å². The summed E-state index contributed by atoms with van der Waals surface area (Å²) in [5, 5.41) is 5.35. The van der Waals surface area contributed by atoms with Crippen molar-refractivity contribution < 1.29 is 4.79 Å². The van der Waals surface area contributed by atoms with Gasteiger partial charge < -0.3 is 11.1 Å². The van der Waals surface area contributed by atoms with E-state index >= 15 is 0 Å². The van der Waals surface area contributed by atoms with Gasteiger partial charge in [0.2, 0.25) is 5.91 Å². The number of benzene rings is 1. The minimum Gasteiger partial charge on any atom is -0.319 e. The normalized spacial score (nSPS) is 13.0. The van der Waals surface area contributed by atoms with Crippen molar-refractivity contribution in [1.29, 1.82) is 0 Å². The molecule has 2 rings (SSSR count). The molecule has 0 saturated heterocycles. The third-order valence-electron chi connectivity index (χ3n) is 3.61. The molecule has 0 unspecified atom stereocenters. The highest BCUT2D eigenvalue weighted by molar-refractivity contribution is 7.14. The number of aryl methyl sites for hydroxylation is 2. The van der Waals surface area contributed by atoms with Crippen molar-refractivity contribution in [3.63, 3.8) is 0 Å². The number of carbonyl (C=O) groups excluding carboxylic acids is 1. The van der Waals surface area contributed by atoms with Gasteiger partial charge in [-0.2, -0.15) is 0 Å². The van der Waals surface area contributed by atoms with Crippen LogP contribution in [0.15, 0.2) is 23.6 Å². The lowest BCUT2D eigenvalue weighted by Gasteiger charge is -2.25. The van der Waals surface area contributed by atoms with Crippen molar-refractivity contribution >= 4 is 22.4 Å². The first-order valence-electron chi connectivity index (χ1n) is 7.28. The standard InChI is InChI=1S/C17H23N3OS/c1-10-6-7-12(11(2)8-10)13-9-22-16(19-13)20-15(21)14(18)17(3,4)5/h6-9,14H,18H2,1-5H3,(H,19,20,21)/t14-/m1/s1. The maximum absolute atomic E-state index is 12.1. The van der Waals surface area contributed by atoms with E-state index in [1.807, 2.05) is 26.2 Å². The van der Waals surface area contributed by atoms with E-state index in [0.29, 0.717) is 5.13 Å². The molecule has 1 aromatic carbocycles. The molecule has 0 bridgehead atoms. The van der Waals surface area contributed by atoms with Crippen LogP contribution >= 0.6 is 11.3 Å². The molecular weight excluding hydrogens is 294 g/mol. The summed E-state index contributed by atoms with van der Waals surface area (Å²) in [6, 6.07) is 5.69. The van der Waals surface area contributed by atoms with Crippen LogP contribution in [0.5, 0.6) is 0 Å². The molecule has 1 heterocycles. The minimum atomic E-state index is -0.569. The maximum atomic E-state index is 12.1. The average Bonchev–Trinajstić information content (AvgIpc) is 2.84. The van der Waals surface area contributed by atoms with Gasteiger partial charge in [0, 0.05) is 10.9 Å². The van der Waals surface area contributed by atoms with Crippen molar-refractivity contribution in [2.45, 2.75) is 40.7 Å². The van der Waals surface area contributed by atoms with Crippen LogP contribution in [0.25, 0.3) is 11.3 Å². The molecule has 5 heteroatoms. The number of hydrogen-bond donors (Lipinski definition) is 2. The van der Waals surface area contributed by atoms with Gasteiger partial charge in [0.05, 0.1) is 11.7 Å². The van der Waals surface area contributed by atoms with Gasteiger partial charge in [-0.3, -0.25) is 4.79 Å². The molecule has 0 aliphatic rings. The second kappa shape index (κ2) is 6.18. The fourth-order valence-corrected chi connectivity index (χ4v) is 2.85. The number of carbonyl (C=O) groups is 1. The van der Waals surface area contributed by atoms with Gasteiger partial charge in [0.1, 0.15) is 0 Å². The Morgan fingerprint density at radius 2 is 2.00 bits per heavy atom.